The third-order valence-corrected chi connectivity index (χ3v) is 4.27. The number of nitrogens with one attached hydrogen (secondary N) is 2. The number of carboxylic acids is 1. The Labute approximate surface area is 138 Å². The molecule has 0 aromatic heterocycles. The number of quaternary nitrogens is 2. The van der Waals surface area contributed by atoms with Crippen LogP contribution in [-0.4, -0.2) is 44.1 Å². The molecule has 1 atom stereocenters. The molecule has 0 unspecified atom stereocenters. The summed E-state index contributed by atoms with van der Waals surface area (Å²) in [6.45, 7) is 3.09. The van der Waals surface area contributed by atoms with Crippen molar-refractivity contribution in [3.8, 4) is 0 Å². The molecule has 2 rings (SSSR count). The van der Waals surface area contributed by atoms with Crippen LogP contribution >= 0.6 is 23.2 Å². The summed E-state index contributed by atoms with van der Waals surface area (Å²) in [5.74, 6) is -1.62. The maximum absolute atomic E-state index is 12.1. The number of carbonyl (C=O) groups excluding carboxylic acids is 2. The highest BCUT2D eigenvalue weighted by Crippen LogP contribution is 2.25. The molecule has 0 aliphatic carbocycles. The Hall–Kier alpha value is -1.34. The van der Waals surface area contributed by atoms with Gasteiger partial charge in [-0.1, -0.05) is 23.2 Å². The summed E-state index contributed by atoms with van der Waals surface area (Å²) in [7, 11) is 0. The predicted octanol–water partition coefficient (Wildman–Crippen LogP) is -2.10. The normalized spacial score (nSPS) is 17.0. The van der Waals surface area contributed by atoms with E-state index in [1.54, 1.807) is 12.1 Å². The van der Waals surface area contributed by atoms with Gasteiger partial charge in [0.05, 0.1) is 23.1 Å². The minimum Gasteiger partial charge on any atom is -0.544 e. The molecule has 120 valence electrons. The first-order chi connectivity index (χ1) is 10.5. The predicted molar refractivity (Wildman–Crippen MR) is 80.9 cm³/mol. The van der Waals surface area contributed by atoms with Crippen LogP contribution in [-0.2, 0) is 9.59 Å². The number of hydrogen-bond acceptors (Lipinski definition) is 3. The molecule has 1 aliphatic heterocycles. The Kier molecular flexibility index (Phi) is 6.02. The van der Waals surface area contributed by atoms with Gasteiger partial charge in [-0.3, -0.25) is 4.79 Å². The summed E-state index contributed by atoms with van der Waals surface area (Å²) in [6, 6.07) is 3.85. The molecule has 4 N–H and O–H groups in total. The largest absolute Gasteiger partial charge is 0.544 e. The van der Waals surface area contributed by atoms with Crippen molar-refractivity contribution < 1.29 is 24.9 Å². The zero-order valence-corrected chi connectivity index (χ0v) is 13.4. The number of nitrogens with two attached hydrogens (primary N) is 1. The molecule has 6 nitrogen and oxygen atoms in total. The summed E-state index contributed by atoms with van der Waals surface area (Å²) in [5.41, 5.74) is 0.373. The van der Waals surface area contributed by atoms with E-state index in [-0.39, 0.29) is 6.42 Å². The van der Waals surface area contributed by atoms with Crippen molar-refractivity contribution in [1.82, 2.24) is 0 Å². The maximum atomic E-state index is 12.1. The van der Waals surface area contributed by atoms with E-state index in [4.69, 9.17) is 23.2 Å². The SMILES string of the molecule is O=C(C[C@H](C(=O)[O-])[NH+]1CC[NH2+]CC1)Nc1cc(Cl)ccc1Cl. The lowest BCUT2D eigenvalue weighted by molar-refractivity contribution is -0.961. The van der Waals surface area contributed by atoms with E-state index < -0.39 is 17.9 Å². The number of halogens is 2. The van der Waals surface area contributed by atoms with Gasteiger partial charge >= 0.3 is 0 Å². The minimum absolute atomic E-state index is 0.152. The van der Waals surface area contributed by atoms with E-state index in [9.17, 15) is 14.7 Å². The third-order valence-electron chi connectivity index (χ3n) is 3.71. The van der Waals surface area contributed by atoms with Crippen LogP contribution in [0.2, 0.25) is 10.0 Å². The number of carbonyl (C=O) groups is 2. The van der Waals surface area contributed by atoms with E-state index in [1.807, 2.05) is 0 Å². The number of piperazine rings is 1. The molecule has 22 heavy (non-hydrogen) atoms. The quantitative estimate of drug-likeness (QED) is 0.570. The van der Waals surface area contributed by atoms with Crippen LogP contribution in [0.15, 0.2) is 18.2 Å². The highest BCUT2D eigenvalue weighted by Gasteiger charge is 2.29. The number of benzene rings is 1. The van der Waals surface area contributed by atoms with Crippen molar-refractivity contribution in [2.24, 2.45) is 0 Å². The molecule has 8 heteroatoms. The number of aliphatic carboxylic acids is 1. The molecule has 1 aromatic carbocycles. The van der Waals surface area contributed by atoms with Gasteiger partial charge in [0.25, 0.3) is 0 Å². The van der Waals surface area contributed by atoms with Gasteiger partial charge in [0.15, 0.2) is 0 Å². The van der Waals surface area contributed by atoms with Gasteiger partial charge in [-0.2, -0.15) is 0 Å². The molecule has 0 spiro atoms. The second-order valence-corrected chi connectivity index (χ2v) is 6.12. The molecule has 0 saturated carbocycles. The zero-order valence-electron chi connectivity index (χ0n) is 11.9. The first-order valence-corrected chi connectivity index (χ1v) is 7.85. The molecular formula is C14H18Cl2N3O3+. The smallest absolute Gasteiger partial charge is 0.230 e. The summed E-state index contributed by atoms with van der Waals surface area (Å²) < 4.78 is 0. The van der Waals surface area contributed by atoms with Crippen molar-refractivity contribution in [2.45, 2.75) is 12.5 Å². The number of rotatable bonds is 5. The Balaban J connectivity index is 2.01. The lowest BCUT2D eigenvalue weighted by atomic mass is 10.1. The molecule has 1 aliphatic rings. The molecule has 1 aromatic rings. The number of amides is 1. The zero-order chi connectivity index (χ0) is 16.1. The molecule has 0 radical (unpaired) electrons. The lowest BCUT2D eigenvalue weighted by Crippen LogP contribution is -3.24. The van der Waals surface area contributed by atoms with Gasteiger partial charge in [0, 0.05) is 5.02 Å². The van der Waals surface area contributed by atoms with E-state index in [2.05, 4.69) is 10.6 Å². The molecule has 1 heterocycles. The average Bonchev–Trinajstić information content (AvgIpc) is 2.49. The van der Waals surface area contributed by atoms with Crippen LogP contribution in [0.1, 0.15) is 6.42 Å². The van der Waals surface area contributed by atoms with Crippen LogP contribution in [0, 0.1) is 0 Å². The fourth-order valence-electron chi connectivity index (χ4n) is 2.57. The second-order valence-electron chi connectivity index (χ2n) is 5.27. The number of hydrogen-bond donors (Lipinski definition) is 3. The molecular weight excluding hydrogens is 329 g/mol. The van der Waals surface area contributed by atoms with Crippen molar-refractivity contribution >= 4 is 40.8 Å². The van der Waals surface area contributed by atoms with Gasteiger partial charge in [-0.15, -0.1) is 0 Å². The first kappa shape index (κ1) is 17.0. The van der Waals surface area contributed by atoms with Gasteiger partial charge in [0.1, 0.15) is 32.2 Å². The maximum Gasteiger partial charge on any atom is 0.230 e. The van der Waals surface area contributed by atoms with Gasteiger partial charge in [-0.05, 0) is 18.2 Å². The fraction of sp³-hybridized carbons (Fsp3) is 0.429. The third kappa shape index (κ3) is 4.58. The van der Waals surface area contributed by atoms with Crippen LogP contribution in [0.5, 0.6) is 0 Å². The van der Waals surface area contributed by atoms with E-state index in [1.165, 1.54) is 6.07 Å². The van der Waals surface area contributed by atoms with Gasteiger partial charge in [-0.25, -0.2) is 0 Å². The topological polar surface area (TPSA) is 90.3 Å². The van der Waals surface area contributed by atoms with Crippen LogP contribution < -0.4 is 20.6 Å². The van der Waals surface area contributed by atoms with E-state index >= 15 is 0 Å². The summed E-state index contributed by atoms with van der Waals surface area (Å²) in [6.07, 6.45) is -0.152. The molecule has 0 bridgehead atoms. The Morgan fingerprint density at radius 1 is 1.32 bits per heavy atom. The highest BCUT2D eigenvalue weighted by molar-refractivity contribution is 6.35. The highest BCUT2D eigenvalue weighted by atomic mass is 35.5. The van der Waals surface area contributed by atoms with Crippen LogP contribution in [0.25, 0.3) is 0 Å². The molecule has 1 amide bonds. The summed E-state index contributed by atoms with van der Waals surface area (Å²) in [5, 5.41) is 16.9. The van der Waals surface area contributed by atoms with Crippen LogP contribution in [0.4, 0.5) is 5.69 Å². The second kappa shape index (κ2) is 7.78. The van der Waals surface area contributed by atoms with Crippen molar-refractivity contribution in [3.63, 3.8) is 0 Å². The Bertz CT molecular complexity index is 562. The number of carboxylic acid groups (broad SMARTS) is 1. The molecule has 1 saturated heterocycles. The molecule has 1 fully saturated rings. The number of anilines is 1. The average molecular weight is 347 g/mol. The van der Waals surface area contributed by atoms with E-state index in [0.29, 0.717) is 28.8 Å². The monoisotopic (exact) mass is 346 g/mol. The Morgan fingerprint density at radius 2 is 2.00 bits per heavy atom. The lowest BCUT2D eigenvalue weighted by Gasteiger charge is -2.30. The summed E-state index contributed by atoms with van der Waals surface area (Å²) in [4.78, 5) is 24.3. The van der Waals surface area contributed by atoms with Gasteiger partial charge in [0.2, 0.25) is 5.91 Å². The van der Waals surface area contributed by atoms with Crippen molar-refractivity contribution in [1.29, 1.82) is 0 Å². The van der Waals surface area contributed by atoms with Crippen LogP contribution in [0.3, 0.4) is 0 Å². The van der Waals surface area contributed by atoms with Crippen molar-refractivity contribution in [3.05, 3.63) is 28.2 Å². The van der Waals surface area contributed by atoms with Gasteiger partial charge < -0.3 is 25.4 Å². The Morgan fingerprint density at radius 3 is 2.64 bits per heavy atom. The standard InChI is InChI=1S/C14H17Cl2N3O3/c15-9-1-2-10(16)11(7-9)18-13(20)8-12(14(21)22)19-5-3-17-4-6-19/h1-2,7,12,17H,3-6,8H2,(H,18,20)(H,21,22)/p+1/t12-/m1/s1. The first-order valence-electron chi connectivity index (χ1n) is 7.09. The summed E-state index contributed by atoms with van der Waals surface area (Å²) >= 11 is 11.8. The minimum atomic E-state index is -1.20. The van der Waals surface area contributed by atoms with Crippen molar-refractivity contribution in [2.75, 3.05) is 31.5 Å². The fourth-order valence-corrected chi connectivity index (χ4v) is 2.90. The van der Waals surface area contributed by atoms with E-state index in [0.717, 1.165) is 18.0 Å².